The van der Waals surface area contributed by atoms with Crippen LogP contribution in [0.3, 0.4) is 0 Å². The first kappa shape index (κ1) is 16.8. The molecule has 0 aromatic carbocycles. The lowest BCUT2D eigenvalue weighted by atomic mass is 10.0. The fourth-order valence-corrected chi connectivity index (χ4v) is 3.76. The first-order valence-corrected chi connectivity index (χ1v) is 9.12. The number of thioether (sulfide) groups is 1. The monoisotopic (exact) mass is 349 g/mol. The van der Waals surface area contributed by atoms with Crippen LogP contribution in [-0.2, 0) is 4.79 Å². The van der Waals surface area contributed by atoms with Crippen molar-refractivity contribution in [3.63, 3.8) is 0 Å². The molecule has 0 aliphatic carbocycles. The van der Waals surface area contributed by atoms with Gasteiger partial charge in [-0.25, -0.2) is 9.36 Å². The van der Waals surface area contributed by atoms with Crippen molar-refractivity contribution in [2.24, 2.45) is 0 Å². The topological polar surface area (TPSA) is 94.9 Å². The highest BCUT2D eigenvalue weighted by atomic mass is 32.2. The van der Waals surface area contributed by atoms with E-state index in [1.807, 2.05) is 24.8 Å². The average molecular weight is 349 g/mol. The summed E-state index contributed by atoms with van der Waals surface area (Å²) in [6, 6.07) is 2.26. The highest BCUT2D eigenvalue weighted by Crippen LogP contribution is 2.21. The molecule has 1 atom stereocenters. The predicted octanol–water partition coefficient (Wildman–Crippen LogP) is 1.29. The molecule has 1 saturated heterocycles. The van der Waals surface area contributed by atoms with Gasteiger partial charge in [0, 0.05) is 18.3 Å². The largest absolute Gasteiger partial charge is 0.339 e. The zero-order chi connectivity index (χ0) is 17.3. The van der Waals surface area contributed by atoms with Crippen molar-refractivity contribution >= 4 is 17.7 Å². The van der Waals surface area contributed by atoms with E-state index >= 15 is 0 Å². The number of carbonyl (C=O) groups is 1. The van der Waals surface area contributed by atoms with Crippen LogP contribution in [0.5, 0.6) is 0 Å². The first-order valence-electron chi connectivity index (χ1n) is 8.13. The second-order valence-electron chi connectivity index (χ2n) is 6.21. The zero-order valence-corrected chi connectivity index (χ0v) is 15.1. The fraction of sp³-hybridized carbons (Fsp3) is 0.600. The number of rotatable bonds is 4. The highest BCUT2D eigenvalue weighted by molar-refractivity contribution is 7.99. The van der Waals surface area contributed by atoms with Crippen LogP contribution >= 0.6 is 11.8 Å². The lowest BCUT2D eigenvalue weighted by molar-refractivity contribution is -0.131. The first-order chi connectivity index (χ1) is 11.5. The predicted molar refractivity (Wildman–Crippen MR) is 92.5 cm³/mol. The van der Waals surface area contributed by atoms with Gasteiger partial charge in [-0.1, -0.05) is 11.8 Å². The van der Waals surface area contributed by atoms with Crippen molar-refractivity contribution in [1.82, 2.24) is 29.6 Å². The molecular formula is C15H23N7OS. The van der Waals surface area contributed by atoms with Crippen molar-refractivity contribution < 1.29 is 4.79 Å². The van der Waals surface area contributed by atoms with Gasteiger partial charge in [0.15, 0.2) is 0 Å². The molecule has 2 aromatic heterocycles. The van der Waals surface area contributed by atoms with Crippen molar-refractivity contribution in [1.29, 1.82) is 0 Å². The smallest absolute Gasteiger partial charge is 0.271 e. The Labute approximate surface area is 145 Å². The third-order valence-electron chi connectivity index (χ3n) is 4.29. The maximum Gasteiger partial charge on any atom is 0.271 e. The summed E-state index contributed by atoms with van der Waals surface area (Å²) in [6.45, 7) is 6.79. The Hall–Kier alpha value is -2.03. The molecule has 3 heterocycles. The summed E-state index contributed by atoms with van der Waals surface area (Å²) in [5.74, 6) is 6.98. The number of hydrogen-bond acceptors (Lipinski definition) is 6. The van der Waals surface area contributed by atoms with Gasteiger partial charge in [-0.3, -0.25) is 4.79 Å². The number of nitrogens with zero attached hydrogens (tertiary/aromatic N) is 6. The van der Waals surface area contributed by atoms with E-state index in [0.717, 1.165) is 30.8 Å². The van der Waals surface area contributed by atoms with Crippen molar-refractivity contribution in [3.05, 3.63) is 17.5 Å². The number of carbonyl (C=O) groups excluding carboxylic acids is 1. The molecule has 24 heavy (non-hydrogen) atoms. The van der Waals surface area contributed by atoms with Crippen LogP contribution in [0, 0.1) is 13.8 Å². The summed E-state index contributed by atoms with van der Waals surface area (Å²) in [7, 11) is 0. The minimum absolute atomic E-state index is 0.128. The molecule has 1 unspecified atom stereocenters. The van der Waals surface area contributed by atoms with Crippen molar-refractivity contribution in [2.75, 3.05) is 18.1 Å². The Morgan fingerprint density at radius 3 is 2.83 bits per heavy atom. The standard InChI is InChI=1S/C15H23N7OS/c1-10-8-12(3)22(19-10)14-17-18-15(21(14)16)24-9-13(23)20-7-5-4-6-11(20)2/h8,11H,4-7,9,16H2,1-3H3. The number of nitrogens with two attached hydrogens (primary N) is 1. The van der Waals surface area contributed by atoms with E-state index in [1.165, 1.54) is 22.9 Å². The lowest BCUT2D eigenvalue weighted by Crippen LogP contribution is -2.43. The van der Waals surface area contributed by atoms with Crippen LogP contribution in [0.2, 0.25) is 0 Å². The second kappa shape index (κ2) is 6.84. The van der Waals surface area contributed by atoms with E-state index in [1.54, 1.807) is 4.68 Å². The van der Waals surface area contributed by atoms with Gasteiger partial charge in [-0.2, -0.15) is 5.10 Å². The lowest BCUT2D eigenvalue weighted by Gasteiger charge is -2.33. The molecule has 1 fully saturated rings. The minimum Gasteiger partial charge on any atom is -0.339 e. The summed E-state index contributed by atoms with van der Waals surface area (Å²) < 4.78 is 3.04. The molecule has 0 radical (unpaired) electrons. The van der Waals surface area contributed by atoms with Gasteiger partial charge >= 0.3 is 0 Å². The number of piperidine rings is 1. The Morgan fingerprint density at radius 2 is 2.17 bits per heavy atom. The Morgan fingerprint density at radius 1 is 1.38 bits per heavy atom. The fourth-order valence-electron chi connectivity index (χ4n) is 3.02. The van der Waals surface area contributed by atoms with E-state index in [0.29, 0.717) is 22.9 Å². The molecule has 130 valence electrons. The van der Waals surface area contributed by atoms with Crippen molar-refractivity contribution in [3.8, 4) is 5.95 Å². The number of nitrogen functional groups attached to an aromatic ring is 1. The van der Waals surface area contributed by atoms with E-state index in [4.69, 9.17) is 5.84 Å². The highest BCUT2D eigenvalue weighted by Gasteiger charge is 2.24. The molecular weight excluding hydrogens is 326 g/mol. The number of likely N-dealkylation sites (tertiary alicyclic amines) is 1. The number of aryl methyl sites for hydroxylation is 2. The quantitative estimate of drug-likeness (QED) is 0.660. The Balaban J connectivity index is 1.68. The van der Waals surface area contributed by atoms with Gasteiger partial charge in [-0.05, 0) is 46.1 Å². The number of amides is 1. The Kier molecular flexibility index (Phi) is 4.79. The molecule has 2 N–H and O–H groups in total. The van der Waals surface area contributed by atoms with Crippen LogP contribution in [0.4, 0.5) is 0 Å². The van der Waals surface area contributed by atoms with E-state index in [9.17, 15) is 4.79 Å². The van der Waals surface area contributed by atoms with Gasteiger partial charge in [-0.15, -0.1) is 10.2 Å². The number of aromatic nitrogens is 5. The molecule has 1 aliphatic rings. The maximum absolute atomic E-state index is 12.4. The summed E-state index contributed by atoms with van der Waals surface area (Å²) in [5.41, 5.74) is 1.82. The minimum atomic E-state index is 0.128. The summed E-state index contributed by atoms with van der Waals surface area (Å²) >= 11 is 1.31. The van der Waals surface area contributed by atoms with Crippen LogP contribution in [-0.4, -0.2) is 53.8 Å². The van der Waals surface area contributed by atoms with E-state index in [2.05, 4.69) is 22.2 Å². The molecule has 0 bridgehead atoms. The second-order valence-corrected chi connectivity index (χ2v) is 7.15. The van der Waals surface area contributed by atoms with E-state index < -0.39 is 0 Å². The van der Waals surface area contributed by atoms with E-state index in [-0.39, 0.29) is 5.91 Å². The third kappa shape index (κ3) is 3.26. The normalized spacial score (nSPS) is 18.1. The van der Waals surface area contributed by atoms with Crippen molar-refractivity contribution in [2.45, 2.75) is 51.2 Å². The molecule has 2 aromatic rings. The maximum atomic E-state index is 12.4. The Bertz CT molecular complexity index is 738. The molecule has 9 heteroatoms. The van der Waals surface area contributed by atoms with Gasteiger partial charge in [0.25, 0.3) is 5.95 Å². The molecule has 0 spiro atoms. The zero-order valence-electron chi connectivity index (χ0n) is 14.3. The molecule has 0 saturated carbocycles. The van der Waals surface area contributed by atoms with Gasteiger partial charge in [0.1, 0.15) is 0 Å². The van der Waals surface area contributed by atoms with Crippen LogP contribution in [0.25, 0.3) is 5.95 Å². The summed E-state index contributed by atoms with van der Waals surface area (Å²) in [6.07, 6.45) is 3.35. The van der Waals surface area contributed by atoms with Gasteiger partial charge in [0.2, 0.25) is 11.1 Å². The molecule has 3 rings (SSSR count). The summed E-state index contributed by atoms with van der Waals surface area (Å²) in [5, 5.41) is 13.1. The molecule has 8 nitrogen and oxygen atoms in total. The van der Waals surface area contributed by atoms with Crippen LogP contribution in [0.1, 0.15) is 37.6 Å². The average Bonchev–Trinajstić information content (AvgIpc) is 3.07. The van der Waals surface area contributed by atoms with Crippen LogP contribution in [0.15, 0.2) is 11.2 Å². The van der Waals surface area contributed by atoms with Gasteiger partial charge in [0.05, 0.1) is 11.4 Å². The molecule has 1 aliphatic heterocycles. The SMILES string of the molecule is Cc1cc(C)n(-c2nnc(SCC(=O)N3CCCCC3C)n2N)n1. The number of hydrogen-bond donors (Lipinski definition) is 1. The summed E-state index contributed by atoms with van der Waals surface area (Å²) in [4.78, 5) is 14.4. The van der Waals surface area contributed by atoms with Gasteiger partial charge < -0.3 is 10.7 Å². The third-order valence-corrected chi connectivity index (χ3v) is 5.22. The molecule has 1 amide bonds. The van der Waals surface area contributed by atoms with Crippen LogP contribution < -0.4 is 5.84 Å².